The summed E-state index contributed by atoms with van der Waals surface area (Å²) in [5.41, 5.74) is 19.0. The number of nitrogen functional groups attached to an aromatic ring is 3. The second-order valence-corrected chi connectivity index (χ2v) is 18.5. The Balaban J connectivity index is 0.000000172. The predicted octanol–water partition coefficient (Wildman–Crippen LogP) is 7.49. The Morgan fingerprint density at radius 1 is 0.547 bits per heavy atom. The molecular weight excluding hydrogens is 1110 g/mol. The van der Waals surface area contributed by atoms with Crippen LogP contribution in [-0.4, -0.2) is 163 Å². The highest BCUT2D eigenvalue weighted by molar-refractivity contribution is 5.67. The summed E-state index contributed by atoms with van der Waals surface area (Å²) in [7, 11) is 6.36. The van der Waals surface area contributed by atoms with Gasteiger partial charge in [0.15, 0.2) is 40.5 Å². The minimum atomic E-state index is -0.621. The number of halogens is 2. The van der Waals surface area contributed by atoms with Crippen LogP contribution < -0.4 is 61.6 Å². The molecule has 1 aliphatic rings. The van der Waals surface area contributed by atoms with Crippen molar-refractivity contribution in [2.45, 2.75) is 26.7 Å². The average Bonchev–Trinajstić information content (AvgIpc) is 3.84. The molecule has 0 atom stereocenters. The highest BCUT2D eigenvalue weighted by Crippen LogP contribution is 2.42. The van der Waals surface area contributed by atoms with Gasteiger partial charge in [-0.15, -0.1) is 15.3 Å². The van der Waals surface area contributed by atoms with Crippen molar-refractivity contribution < 1.29 is 41.9 Å². The largest absolute Gasteiger partial charge is 0.493 e. The van der Waals surface area contributed by atoms with Gasteiger partial charge in [-0.3, -0.25) is 4.90 Å². The van der Waals surface area contributed by atoms with Crippen LogP contribution in [0.1, 0.15) is 26.7 Å². The fourth-order valence-corrected chi connectivity index (χ4v) is 8.52. The number of ether oxygens (including phenoxy) is 7. The fourth-order valence-electron chi connectivity index (χ4n) is 8.52. The molecule has 0 bridgehead atoms. The second-order valence-electron chi connectivity index (χ2n) is 18.5. The van der Waals surface area contributed by atoms with Crippen LogP contribution in [-0.2, 0) is 4.74 Å². The number of rotatable bonds is 25. The van der Waals surface area contributed by atoms with Gasteiger partial charge in [-0.2, -0.15) is 29.0 Å². The van der Waals surface area contributed by atoms with Crippen LogP contribution in [0, 0.1) is 11.6 Å². The maximum absolute atomic E-state index is 13.6. The number of pyridine rings is 3. The molecule has 0 saturated carbocycles. The molecule has 86 heavy (non-hydrogen) atoms. The van der Waals surface area contributed by atoms with Crippen molar-refractivity contribution in [3.8, 4) is 52.0 Å². The molecule has 3 aromatic carbocycles. The summed E-state index contributed by atoms with van der Waals surface area (Å²) in [6.45, 7) is 12.9. The van der Waals surface area contributed by atoms with Gasteiger partial charge >= 0.3 is 0 Å². The van der Waals surface area contributed by atoms with E-state index >= 15 is 0 Å². The number of nitrogens with zero attached hydrogens (tertiary/aromatic N) is 14. The normalized spacial score (nSPS) is 12.1. The third kappa shape index (κ3) is 16.8. The average molecular weight is 1190 g/mol. The van der Waals surface area contributed by atoms with E-state index in [1.54, 1.807) is 102 Å². The molecule has 0 amide bonds. The van der Waals surface area contributed by atoms with Crippen molar-refractivity contribution >= 4 is 52.8 Å². The predicted molar refractivity (Wildman–Crippen MR) is 321 cm³/mol. The van der Waals surface area contributed by atoms with Crippen molar-refractivity contribution in [3.05, 3.63) is 127 Å². The molecule has 0 radical (unpaired) electrons. The smallest absolute Gasteiger partial charge is 0.248 e. The van der Waals surface area contributed by atoms with E-state index in [9.17, 15) is 8.78 Å². The van der Waals surface area contributed by atoms with Gasteiger partial charge in [0.05, 0.1) is 60.6 Å². The van der Waals surface area contributed by atoms with E-state index in [1.807, 2.05) is 24.3 Å². The summed E-state index contributed by atoms with van der Waals surface area (Å²) >= 11 is 0. The summed E-state index contributed by atoms with van der Waals surface area (Å²) in [5.74, 6) is 4.93. The first-order valence-corrected chi connectivity index (χ1v) is 27.4. The molecule has 1 aliphatic heterocycles. The summed E-state index contributed by atoms with van der Waals surface area (Å²) in [6, 6.07) is 26.4. The summed E-state index contributed by atoms with van der Waals surface area (Å²) in [5, 5.41) is 21.7. The van der Waals surface area contributed by atoms with Gasteiger partial charge in [-0.05, 0) is 74.5 Å². The molecule has 0 unspecified atom stereocenters. The molecule has 7 heterocycles. The van der Waals surface area contributed by atoms with Crippen LogP contribution in [0.4, 0.5) is 61.5 Å². The van der Waals surface area contributed by atoms with Crippen molar-refractivity contribution in [1.82, 2.24) is 69.0 Å². The van der Waals surface area contributed by atoms with Crippen LogP contribution in [0.25, 0.3) is 17.5 Å². The van der Waals surface area contributed by atoms with E-state index < -0.39 is 11.6 Å². The fraction of sp³-hybridized carbons (Fsp3) is 0.316. The minimum absolute atomic E-state index is 0.0441. The molecule has 9 N–H and O–H groups in total. The molecule has 27 nitrogen and oxygen atoms in total. The van der Waals surface area contributed by atoms with Crippen LogP contribution >= 0.6 is 0 Å². The lowest BCUT2D eigenvalue weighted by atomic mass is 10.2. The number of nitrogens with one attached hydrogen (secondary N) is 3. The topological polar surface area (TPSA) is 316 Å². The van der Waals surface area contributed by atoms with Crippen LogP contribution in [0.2, 0.25) is 0 Å². The third-order valence-electron chi connectivity index (χ3n) is 12.8. The Morgan fingerprint density at radius 2 is 0.965 bits per heavy atom. The highest BCUT2D eigenvalue weighted by Gasteiger charge is 2.20. The summed E-state index contributed by atoms with van der Waals surface area (Å²) < 4.78 is 70.5. The van der Waals surface area contributed by atoms with E-state index in [0.29, 0.717) is 88.4 Å². The lowest BCUT2D eigenvalue weighted by Crippen LogP contribution is -2.37. The first kappa shape index (κ1) is 61.9. The monoisotopic (exact) mass is 1180 g/mol. The maximum Gasteiger partial charge on any atom is 0.248 e. The number of morpholine rings is 1. The van der Waals surface area contributed by atoms with Gasteiger partial charge < -0.3 is 71.2 Å². The van der Waals surface area contributed by atoms with Gasteiger partial charge in [-0.1, -0.05) is 32.0 Å². The highest BCUT2D eigenvalue weighted by atomic mass is 19.1. The van der Waals surface area contributed by atoms with Gasteiger partial charge in [-0.25, -0.2) is 23.7 Å². The molecular formula is C57H70F2N20O7. The van der Waals surface area contributed by atoms with Crippen molar-refractivity contribution in [3.63, 3.8) is 0 Å². The summed E-state index contributed by atoms with van der Waals surface area (Å²) in [4.78, 5) is 29.8. The van der Waals surface area contributed by atoms with E-state index in [1.165, 1.54) is 14.0 Å². The van der Waals surface area contributed by atoms with Crippen molar-refractivity contribution in [1.29, 1.82) is 0 Å². The molecule has 9 aromatic rings. The Hall–Kier alpha value is -10.1. The van der Waals surface area contributed by atoms with Crippen LogP contribution in [0.15, 0.2) is 116 Å². The standard InChI is InChI=1S/C22H29N7O4.C22H31N7O3.C13H10F2N6/c1-30-17-14-16(25-22-26-21(23)29(27-22)19-6-3-4-7-24-19)15-18(31-2)20(17)33-11-5-8-28-9-12-32-13-10-28;1-5-28(6-2)12-9-13-32-20-17(30-3)14-16(15-18(20)31-4)25-22-26-21(23)29(27-22)19-10-7-8-11-24-19;14-8-4-5-9(15)10(7-8)18-13-19-12(16)21(20-13)11-3-1-2-6-17-11/h3-4,6-7,14-15H,5,8-13H2,1-2H3,(H3,23,25,26,27);7-8,10-11,14-15H,5-6,9,12-13H2,1-4H3,(H3,23,25,26,27);1-7H,(H3,16,18,19,20). The Bertz CT molecular complexity index is 3490. The SMILES string of the molecule is CCN(CC)CCCOc1c(OC)cc(Nc2nc(N)n(-c3ccccn3)n2)cc1OC.COc1cc(Nc2nc(N)n(-c3ccccn3)n2)cc(OC)c1OCCCN1CCOCC1.Nc1nc(Nc2cc(F)ccc2F)nn1-c1ccccn1. The second kappa shape index (κ2) is 31.0. The third-order valence-corrected chi connectivity index (χ3v) is 12.8. The zero-order chi connectivity index (χ0) is 60.8. The van der Waals surface area contributed by atoms with Gasteiger partial charge in [0, 0.05) is 86.5 Å². The molecule has 0 aliphatic carbocycles. The van der Waals surface area contributed by atoms with Gasteiger partial charge in [0.25, 0.3) is 0 Å². The van der Waals surface area contributed by atoms with E-state index in [2.05, 4.69) is 84.8 Å². The number of hydrogen-bond acceptors (Lipinski definition) is 24. The molecule has 10 rings (SSSR count). The zero-order valence-corrected chi connectivity index (χ0v) is 48.6. The van der Waals surface area contributed by atoms with E-state index in [-0.39, 0.29) is 29.5 Å². The van der Waals surface area contributed by atoms with E-state index in [4.69, 9.17) is 50.4 Å². The molecule has 0 spiro atoms. The quantitative estimate of drug-likeness (QED) is 0.0302. The molecule has 6 aromatic heterocycles. The molecule has 454 valence electrons. The van der Waals surface area contributed by atoms with Crippen molar-refractivity contribution in [2.24, 2.45) is 0 Å². The number of hydrogen-bond donors (Lipinski definition) is 6. The molecule has 1 saturated heterocycles. The minimum Gasteiger partial charge on any atom is -0.493 e. The van der Waals surface area contributed by atoms with Gasteiger partial charge in [0.2, 0.25) is 47.2 Å². The van der Waals surface area contributed by atoms with Crippen molar-refractivity contribution in [2.75, 3.05) is 127 Å². The number of methoxy groups -OCH3 is 4. The van der Waals surface area contributed by atoms with Crippen LogP contribution in [0.5, 0.6) is 34.5 Å². The van der Waals surface area contributed by atoms with Crippen LogP contribution in [0.3, 0.4) is 0 Å². The molecule has 29 heteroatoms. The maximum atomic E-state index is 13.6. The lowest BCUT2D eigenvalue weighted by Gasteiger charge is -2.26. The number of nitrogens with two attached hydrogens (primary N) is 3. The summed E-state index contributed by atoms with van der Waals surface area (Å²) in [6.07, 6.45) is 6.71. The first-order chi connectivity index (χ1) is 41.9. The lowest BCUT2D eigenvalue weighted by molar-refractivity contribution is 0.0357. The molecule has 1 fully saturated rings. The van der Waals surface area contributed by atoms with Gasteiger partial charge in [0.1, 0.15) is 11.6 Å². The Labute approximate surface area is 495 Å². The Morgan fingerprint density at radius 3 is 1.36 bits per heavy atom. The number of benzene rings is 3. The number of aromatic nitrogens is 12. The van der Waals surface area contributed by atoms with E-state index in [0.717, 1.165) is 83.5 Å². The first-order valence-electron chi connectivity index (χ1n) is 27.4. The zero-order valence-electron chi connectivity index (χ0n) is 48.6. The number of anilines is 9. The Kier molecular flexibility index (Phi) is 22.3.